The maximum Gasteiger partial charge on any atom is 0.237 e. The van der Waals surface area contributed by atoms with Crippen molar-refractivity contribution < 1.29 is 4.79 Å². The quantitative estimate of drug-likeness (QED) is 0.808. The third-order valence-electron chi connectivity index (χ3n) is 5.28. The third-order valence-corrected chi connectivity index (χ3v) is 5.28. The van der Waals surface area contributed by atoms with Gasteiger partial charge in [-0.3, -0.25) is 9.69 Å². The van der Waals surface area contributed by atoms with E-state index in [1.165, 1.54) is 18.4 Å². The van der Waals surface area contributed by atoms with Gasteiger partial charge in [-0.2, -0.15) is 0 Å². The Kier molecular flexibility index (Phi) is 7.29. The molecular weight excluding hydrogens is 334 g/mol. The maximum absolute atomic E-state index is 12.8. The zero-order valence-electron chi connectivity index (χ0n) is 15.4. The van der Waals surface area contributed by atoms with E-state index in [1.807, 2.05) is 0 Å². The SMILES string of the molecule is CC(C)CN(C(=O)CN1C[C@@H](CN)[C@H](c2ccccc2)C1)C1CC1.Cl. The van der Waals surface area contributed by atoms with Gasteiger partial charge in [-0.25, -0.2) is 0 Å². The van der Waals surface area contributed by atoms with Crippen molar-refractivity contribution >= 4 is 18.3 Å². The van der Waals surface area contributed by atoms with E-state index in [9.17, 15) is 4.79 Å². The molecule has 0 bridgehead atoms. The largest absolute Gasteiger partial charge is 0.338 e. The molecule has 1 aromatic rings. The van der Waals surface area contributed by atoms with Crippen LogP contribution >= 0.6 is 12.4 Å². The summed E-state index contributed by atoms with van der Waals surface area (Å²) in [6, 6.07) is 11.1. The zero-order valence-corrected chi connectivity index (χ0v) is 16.3. The van der Waals surface area contributed by atoms with Crippen LogP contribution in [0.4, 0.5) is 0 Å². The first-order valence-electron chi connectivity index (χ1n) is 9.35. The topological polar surface area (TPSA) is 49.6 Å². The van der Waals surface area contributed by atoms with Crippen molar-refractivity contribution in [2.45, 2.75) is 38.6 Å². The van der Waals surface area contributed by atoms with E-state index in [0.717, 1.165) is 19.6 Å². The van der Waals surface area contributed by atoms with Gasteiger partial charge in [0.15, 0.2) is 0 Å². The first-order valence-corrected chi connectivity index (χ1v) is 9.35. The summed E-state index contributed by atoms with van der Waals surface area (Å²) in [5.41, 5.74) is 7.37. The highest BCUT2D eigenvalue weighted by molar-refractivity contribution is 5.85. The molecule has 2 fully saturated rings. The summed E-state index contributed by atoms with van der Waals surface area (Å²) in [5.74, 6) is 1.72. The smallest absolute Gasteiger partial charge is 0.237 e. The van der Waals surface area contributed by atoms with Crippen LogP contribution in [0.1, 0.15) is 38.2 Å². The van der Waals surface area contributed by atoms with Crippen molar-refractivity contribution in [3.63, 3.8) is 0 Å². The molecule has 1 heterocycles. The van der Waals surface area contributed by atoms with Gasteiger partial charge < -0.3 is 10.6 Å². The number of nitrogens with two attached hydrogens (primary N) is 1. The number of likely N-dealkylation sites (tertiary alicyclic amines) is 1. The minimum Gasteiger partial charge on any atom is -0.338 e. The molecule has 1 saturated heterocycles. The van der Waals surface area contributed by atoms with Crippen molar-refractivity contribution in [2.24, 2.45) is 17.6 Å². The van der Waals surface area contributed by atoms with E-state index in [2.05, 4.69) is 54.0 Å². The van der Waals surface area contributed by atoms with Crippen molar-refractivity contribution in [3.05, 3.63) is 35.9 Å². The number of hydrogen-bond acceptors (Lipinski definition) is 3. The molecule has 1 amide bonds. The van der Waals surface area contributed by atoms with E-state index in [1.54, 1.807) is 0 Å². The molecule has 0 spiro atoms. The third kappa shape index (κ3) is 5.19. The summed E-state index contributed by atoms with van der Waals surface area (Å²) in [5, 5.41) is 0. The van der Waals surface area contributed by atoms with Crippen molar-refractivity contribution in [3.8, 4) is 0 Å². The predicted octanol–water partition coefficient (Wildman–Crippen LogP) is 2.73. The van der Waals surface area contributed by atoms with Gasteiger partial charge in [-0.15, -0.1) is 12.4 Å². The summed E-state index contributed by atoms with van der Waals surface area (Å²) in [6.45, 7) is 8.37. The van der Waals surface area contributed by atoms with Crippen LogP contribution in [0.15, 0.2) is 30.3 Å². The molecule has 5 heteroatoms. The molecule has 1 aliphatic carbocycles. The molecule has 2 aliphatic rings. The highest BCUT2D eigenvalue weighted by atomic mass is 35.5. The molecule has 2 atom stereocenters. The standard InChI is InChI=1S/C20H31N3O.ClH/c1-15(2)11-23(18-8-9-18)20(24)14-22-12-17(10-21)19(13-22)16-6-4-3-5-7-16;/h3-7,15,17-19H,8-14,21H2,1-2H3;1H/t17-,19+;/m1./s1. The van der Waals surface area contributed by atoms with Gasteiger partial charge in [-0.1, -0.05) is 44.2 Å². The van der Waals surface area contributed by atoms with Crippen LogP contribution in [-0.4, -0.2) is 54.5 Å². The number of halogens is 1. The lowest BCUT2D eigenvalue weighted by Crippen LogP contribution is -2.42. The van der Waals surface area contributed by atoms with Gasteiger partial charge in [0.05, 0.1) is 6.54 Å². The summed E-state index contributed by atoms with van der Waals surface area (Å²) >= 11 is 0. The lowest BCUT2D eigenvalue weighted by Gasteiger charge is -2.27. The lowest BCUT2D eigenvalue weighted by atomic mass is 9.89. The highest BCUT2D eigenvalue weighted by Crippen LogP contribution is 2.33. The average molecular weight is 366 g/mol. The number of carbonyl (C=O) groups excluding carboxylic acids is 1. The van der Waals surface area contributed by atoms with Gasteiger partial charge in [-0.05, 0) is 36.8 Å². The molecule has 0 unspecified atom stereocenters. The van der Waals surface area contributed by atoms with Gasteiger partial charge in [0, 0.05) is 31.6 Å². The fraction of sp³-hybridized carbons (Fsp3) is 0.650. The van der Waals surface area contributed by atoms with E-state index >= 15 is 0 Å². The second-order valence-electron chi connectivity index (χ2n) is 7.88. The zero-order chi connectivity index (χ0) is 17.1. The molecule has 25 heavy (non-hydrogen) atoms. The van der Waals surface area contributed by atoms with Crippen molar-refractivity contribution in [1.29, 1.82) is 0 Å². The number of amides is 1. The summed E-state index contributed by atoms with van der Waals surface area (Å²) in [6.07, 6.45) is 2.35. The normalized spacial score (nSPS) is 23.5. The van der Waals surface area contributed by atoms with Crippen LogP contribution in [-0.2, 0) is 4.79 Å². The second kappa shape index (κ2) is 9.02. The number of rotatable bonds is 7. The molecule has 0 aromatic heterocycles. The van der Waals surface area contributed by atoms with Gasteiger partial charge >= 0.3 is 0 Å². The Labute approximate surface area is 158 Å². The van der Waals surface area contributed by atoms with E-state index in [4.69, 9.17) is 5.73 Å². The number of hydrogen-bond donors (Lipinski definition) is 1. The number of benzene rings is 1. The summed E-state index contributed by atoms with van der Waals surface area (Å²) in [7, 11) is 0. The molecule has 1 aromatic carbocycles. The minimum atomic E-state index is 0. The Morgan fingerprint density at radius 3 is 2.48 bits per heavy atom. The molecule has 1 saturated carbocycles. The predicted molar refractivity (Wildman–Crippen MR) is 105 cm³/mol. The van der Waals surface area contributed by atoms with Crippen LogP contribution in [0.2, 0.25) is 0 Å². The maximum atomic E-state index is 12.8. The fourth-order valence-electron chi connectivity index (χ4n) is 3.92. The van der Waals surface area contributed by atoms with E-state index in [-0.39, 0.29) is 12.4 Å². The van der Waals surface area contributed by atoms with Crippen LogP contribution in [0.3, 0.4) is 0 Å². The molecule has 2 N–H and O–H groups in total. The molecular formula is C20H32ClN3O. The summed E-state index contributed by atoms with van der Waals surface area (Å²) in [4.78, 5) is 17.2. The first kappa shape index (κ1) is 20.2. The Morgan fingerprint density at radius 2 is 1.92 bits per heavy atom. The molecule has 3 rings (SSSR count). The molecule has 0 radical (unpaired) electrons. The Bertz CT molecular complexity index is 547. The Morgan fingerprint density at radius 1 is 1.24 bits per heavy atom. The first-order chi connectivity index (χ1) is 11.6. The lowest BCUT2D eigenvalue weighted by molar-refractivity contribution is -0.133. The molecule has 1 aliphatic heterocycles. The number of nitrogens with zero attached hydrogens (tertiary/aromatic N) is 2. The summed E-state index contributed by atoms with van der Waals surface area (Å²) < 4.78 is 0. The Hall–Kier alpha value is -1.10. The van der Waals surface area contributed by atoms with Crippen LogP contribution in [0.5, 0.6) is 0 Å². The molecule has 4 nitrogen and oxygen atoms in total. The van der Waals surface area contributed by atoms with Gasteiger partial charge in [0.2, 0.25) is 5.91 Å². The Balaban J connectivity index is 0.00000225. The van der Waals surface area contributed by atoms with Crippen molar-refractivity contribution in [2.75, 3.05) is 32.7 Å². The minimum absolute atomic E-state index is 0. The van der Waals surface area contributed by atoms with Crippen LogP contribution < -0.4 is 5.73 Å². The second-order valence-corrected chi connectivity index (χ2v) is 7.88. The van der Waals surface area contributed by atoms with E-state index in [0.29, 0.717) is 42.8 Å². The monoisotopic (exact) mass is 365 g/mol. The van der Waals surface area contributed by atoms with Crippen LogP contribution in [0, 0.1) is 11.8 Å². The van der Waals surface area contributed by atoms with Gasteiger partial charge in [0.25, 0.3) is 0 Å². The van der Waals surface area contributed by atoms with Crippen molar-refractivity contribution in [1.82, 2.24) is 9.80 Å². The van der Waals surface area contributed by atoms with Crippen LogP contribution in [0.25, 0.3) is 0 Å². The average Bonchev–Trinajstić information content (AvgIpc) is 3.33. The molecule has 140 valence electrons. The fourth-order valence-corrected chi connectivity index (χ4v) is 3.92. The van der Waals surface area contributed by atoms with E-state index < -0.39 is 0 Å². The van der Waals surface area contributed by atoms with Gasteiger partial charge in [0.1, 0.15) is 0 Å². The highest BCUT2D eigenvalue weighted by Gasteiger charge is 2.37. The number of carbonyl (C=O) groups is 1.